The van der Waals surface area contributed by atoms with Crippen LogP contribution in [0.5, 0.6) is 0 Å². The van der Waals surface area contributed by atoms with Gasteiger partial charge in [0, 0.05) is 12.8 Å². The number of nitrogens with one attached hydrogen (secondary N) is 2. The van der Waals surface area contributed by atoms with Crippen LogP contribution in [0.4, 0.5) is 0 Å². The van der Waals surface area contributed by atoms with E-state index in [0.717, 1.165) is 86.5 Å². The van der Waals surface area contributed by atoms with Gasteiger partial charge in [-0.1, -0.05) is 151 Å². The van der Waals surface area contributed by atoms with E-state index in [0.29, 0.717) is 12.8 Å². The largest absolute Gasteiger partial charge is 0.273 e. The van der Waals surface area contributed by atoms with E-state index < -0.39 is 0 Å². The molecule has 0 radical (unpaired) electrons. The van der Waals surface area contributed by atoms with Crippen molar-refractivity contribution in [1.82, 2.24) is 10.9 Å². The van der Waals surface area contributed by atoms with E-state index in [4.69, 9.17) is 0 Å². The van der Waals surface area contributed by atoms with Crippen LogP contribution in [-0.4, -0.2) is 24.2 Å². The van der Waals surface area contributed by atoms with E-state index in [1.807, 2.05) is 36.4 Å². The standard InChI is InChI=1S/C40H58N4O2/c1-3-5-7-15-27-37(31-35-23-17-13-18-24-35)33-41-43-39(45)29-21-11-9-10-12-22-30-40(46)44-42-34-38(28-16-8-6-4-2)32-36-25-19-14-20-26-36/h13-14,17-20,23-26,31-34H,3-12,15-16,21-22,27-30H2,1-2H3,(H,43,45)(H,44,46). The fourth-order valence-electron chi connectivity index (χ4n) is 5.15. The first-order valence-electron chi connectivity index (χ1n) is 17.8. The van der Waals surface area contributed by atoms with Gasteiger partial charge < -0.3 is 0 Å². The second kappa shape index (κ2) is 26.4. The van der Waals surface area contributed by atoms with Crippen LogP contribution >= 0.6 is 0 Å². The van der Waals surface area contributed by atoms with Crippen LogP contribution in [0.3, 0.4) is 0 Å². The summed E-state index contributed by atoms with van der Waals surface area (Å²) in [5.74, 6) is -0.0810. The lowest BCUT2D eigenvalue weighted by molar-refractivity contribution is -0.122. The molecule has 0 fully saturated rings. The topological polar surface area (TPSA) is 82.9 Å². The van der Waals surface area contributed by atoms with Gasteiger partial charge in [0.1, 0.15) is 0 Å². The van der Waals surface area contributed by atoms with Gasteiger partial charge in [-0.3, -0.25) is 9.59 Å². The smallest absolute Gasteiger partial charge is 0.240 e. The number of nitrogens with zero attached hydrogens (tertiary/aromatic N) is 2. The minimum atomic E-state index is -0.0405. The van der Waals surface area contributed by atoms with Crippen molar-refractivity contribution in [2.24, 2.45) is 10.2 Å². The molecule has 0 spiro atoms. The van der Waals surface area contributed by atoms with E-state index in [1.54, 1.807) is 12.4 Å². The summed E-state index contributed by atoms with van der Waals surface area (Å²) in [4.78, 5) is 24.6. The van der Waals surface area contributed by atoms with Gasteiger partial charge in [0.15, 0.2) is 0 Å². The molecule has 46 heavy (non-hydrogen) atoms. The predicted molar refractivity (Wildman–Crippen MR) is 197 cm³/mol. The van der Waals surface area contributed by atoms with E-state index in [-0.39, 0.29) is 11.8 Å². The summed E-state index contributed by atoms with van der Waals surface area (Å²) in [6.45, 7) is 4.43. The Morgan fingerprint density at radius 3 is 1.24 bits per heavy atom. The molecule has 6 heteroatoms. The Bertz CT molecular complexity index is 1110. The highest BCUT2D eigenvalue weighted by Gasteiger charge is 2.03. The number of allylic oxidation sites excluding steroid dienone is 2. The van der Waals surface area contributed by atoms with Gasteiger partial charge >= 0.3 is 0 Å². The second-order valence-electron chi connectivity index (χ2n) is 12.1. The van der Waals surface area contributed by atoms with Crippen LogP contribution in [0.15, 0.2) is 82.0 Å². The molecule has 0 saturated heterocycles. The number of hydrogen-bond donors (Lipinski definition) is 2. The van der Waals surface area contributed by atoms with Gasteiger partial charge in [-0.2, -0.15) is 10.2 Å². The molecule has 0 heterocycles. The minimum Gasteiger partial charge on any atom is -0.273 e. The lowest BCUT2D eigenvalue weighted by Gasteiger charge is -2.05. The summed E-state index contributed by atoms with van der Waals surface area (Å²) in [5.41, 5.74) is 9.96. The fraction of sp³-hybridized carbons (Fsp3) is 0.500. The number of unbranched alkanes of at least 4 members (excludes halogenated alkanes) is 11. The lowest BCUT2D eigenvalue weighted by Crippen LogP contribution is -2.17. The number of carbonyl (C=O) groups excluding carboxylic acids is 2. The Hall–Kier alpha value is -3.80. The zero-order chi connectivity index (χ0) is 32.9. The SMILES string of the molecule is CCCCCCC(C=NNC(=O)CCCCCCCCC(=O)NN=CC(=Cc1ccccc1)CCCCCC)=Cc1ccccc1. The Kier molecular flexibility index (Phi) is 22.0. The van der Waals surface area contributed by atoms with Crippen molar-refractivity contribution < 1.29 is 9.59 Å². The molecular weight excluding hydrogens is 568 g/mol. The number of benzene rings is 2. The molecule has 2 amide bonds. The average molecular weight is 627 g/mol. The highest BCUT2D eigenvalue weighted by atomic mass is 16.2. The summed E-state index contributed by atoms with van der Waals surface area (Å²) in [7, 11) is 0. The molecule has 250 valence electrons. The summed E-state index contributed by atoms with van der Waals surface area (Å²) in [6, 6.07) is 20.5. The van der Waals surface area contributed by atoms with Crippen LogP contribution in [0.2, 0.25) is 0 Å². The van der Waals surface area contributed by atoms with Crippen LogP contribution in [0.1, 0.15) is 141 Å². The molecule has 0 saturated carbocycles. The molecule has 0 aliphatic heterocycles. The fourth-order valence-corrected chi connectivity index (χ4v) is 5.15. The van der Waals surface area contributed by atoms with E-state index >= 15 is 0 Å². The molecule has 0 bridgehead atoms. The molecule has 2 aromatic rings. The Balaban J connectivity index is 1.59. The molecule has 2 rings (SSSR count). The number of rotatable bonds is 25. The maximum absolute atomic E-state index is 12.3. The Labute approximate surface area is 278 Å². The van der Waals surface area contributed by atoms with Crippen molar-refractivity contribution >= 4 is 36.4 Å². The second-order valence-corrected chi connectivity index (χ2v) is 12.1. The molecule has 0 aromatic heterocycles. The van der Waals surface area contributed by atoms with Gasteiger partial charge in [0.05, 0.1) is 12.4 Å². The zero-order valence-corrected chi connectivity index (χ0v) is 28.5. The quantitative estimate of drug-likeness (QED) is 0.0653. The van der Waals surface area contributed by atoms with Crippen molar-refractivity contribution in [1.29, 1.82) is 0 Å². The number of carbonyl (C=O) groups is 2. The van der Waals surface area contributed by atoms with Crippen molar-refractivity contribution in [3.05, 3.63) is 82.9 Å². The van der Waals surface area contributed by atoms with Crippen molar-refractivity contribution in [3.63, 3.8) is 0 Å². The Morgan fingerprint density at radius 2 is 0.848 bits per heavy atom. The molecule has 2 N–H and O–H groups in total. The van der Waals surface area contributed by atoms with Gasteiger partial charge in [-0.25, -0.2) is 10.9 Å². The van der Waals surface area contributed by atoms with Gasteiger partial charge in [-0.15, -0.1) is 0 Å². The third-order valence-corrected chi connectivity index (χ3v) is 7.84. The maximum Gasteiger partial charge on any atom is 0.240 e. The van der Waals surface area contributed by atoms with Crippen molar-refractivity contribution in [3.8, 4) is 0 Å². The molecule has 2 aromatic carbocycles. The first-order valence-corrected chi connectivity index (χ1v) is 17.8. The molecular formula is C40H58N4O2. The molecule has 6 nitrogen and oxygen atoms in total. The zero-order valence-electron chi connectivity index (χ0n) is 28.5. The lowest BCUT2D eigenvalue weighted by atomic mass is 10.0. The molecule has 0 aliphatic rings. The maximum atomic E-state index is 12.3. The Morgan fingerprint density at radius 1 is 0.500 bits per heavy atom. The summed E-state index contributed by atoms with van der Waals surface area (Å²) in [6.07, 6.45) is 26.1. The van der Waals surface area contributed by atoms with Crippen LogP contribution in [0.25, 0.3) is 12.2 Å². The highest BCUT2D eigenvalue weighted by Crippen LogP contribution is 2.15. The number of amides is 2. The first kappa shape index (κ1) is 38.4. The van der Waals surface area contributed by atoms with Crippen molar-refractivity contribution in [2.75, 3.05) is 0 Å². The normalized spacial score (nSPS) is 12.2. The van der Waals surface area contributed by atoms with Crippen LogP contribution in [0, 0.1) is 0 Å². The third-order valence-electron chi connectivity index (χ3n) is 7.84. The predicted octanol–water partition coefficient (Wildman–Crippen LogP) is 10.4. The molecule has 0 unspecified atom stereocenters. The summed E-state index contributed by atoms with van der Waals surface area (Å²) >= 11 is 0. The monoisotopic (exact) mass is 626 g/mol. The molecule has 0 aliphatic carbocycles. The van der Waals surface area contributed by atoms with Crippen LogP contribution in [-0.2, 0) is 9.59 Å². The average Bonchev–Trinajstić information content (AvgIpc) is 3.07. The van der Waals surface area contributed by atoms with Gasteiger partial charge in [-0.05, 0) is 60.8 Å². The van der Waals surface area contributed by atoms with Gasteiger partial charge in [0.25, 0.3) is 0 Å². The summed E-state index contributed by atoms with van der Waals surface area (Å²) < 4.78 is 0. The number of hydrazone groups is 2. The van der Waals surface area contributed by atoms with E-state index in [2.05, 4.69) is 71.3 Å². The van der Waals surface area contributed by atoms with E-state index in [1.165, 1.54) is 38.5 Å². The summed E-state index contributed by atoms with van der Waals surface area (Å²) in [5, 5.41) is 8.50. The molecule has 0 atom stereocenters. The first-order chi connectivity index (χ1) is 22.6. The highest BCUT2D eigenvalue weighted by molar-refractivity contribution is 5.87. The van der Waals surface area contributed by atoms with Crippen LogP contribution < -0.4 is 10.9 Å². The van der Waals surface area contributed by atoms with Crippen molar-refractivity contribution in [2.45, 2.75) is 129 Å². The third kappa shape index (κ3) is 20.3. The van der Waals surface area contributed by atoms with Gasteiger partial charge in [0.2, 0.25) is 11.8 Å². The van der Waals surface area contributed by atoms with E-state index in [9.17, 15) is 9.59 Å². The number of hydrogen-bond acceptors (Lipinski definition) is 4. The minimum absolute atomic E-state index is 0.0405.